The highest BCUT2D eigenvalue weighted by Crippen LogP contribution is 2.15. The van der Waals surface area contributed by atoms with Gasteiger partial charge < -0.3 is 9.67 Å². The molecule has 19 heavy (non-hydrogen) atoms. The number of rotatable bonds is 6. The molecule has 1 aromatic rings. The maximum absolute atomic E-state index is 12.0. The van der Waals surface area contributed by atoms with Crippen LogP contribution in [0.2, 0.25) is 0 Å². The number of carbonyl (C=O) groups is 1. The van der Waals surface area contributed by atoms with Crippen LogP contribution in [0.3, 0.4) is 0 Å². The second-order valence-corrected chi connectivity index (χ2v) is 6.82. The predicted octanol–water partition coefficient (Wildman–Crippen LogP) is 1.29. The number of hydrogen-bond donors (Lipinski definition) is 2. The first-order valence-electron chi connectivity index (χ1n) is 6.04. The molecule has 1 atom stereocenters. The van der Waals surface area contributed by atoms with Gasteiger partial charge in [0, 0.05) is 19.8 Å². The third-order valence-electron chi connectivity index (χ3n) is 3.24. The first kappa shape index (κ1) is 15.7. The van der Waals surface area contributed by atoms with Crippen molar-refractivity contribution in [3.8, 4) is 0 Å². The fraction of sp³-hybridized carbons (Fsp3) is 0.583. The van der Waals surface area contributed by atoms with E-state index in [9.17, 15) is 13.2 Å². The molecule has 0 radical (unpaired) electrons. The molecule has 0 bridgehead atoms. The molecule has 0 spiro atoms. The molecule has 1 aromatic heterocycles. The second-order valence-electron chi connectivity index (χ2n) is 5.05. The zero-order valence-electron chi connectivity index (χ0n) is 11.5. The molecule has 0 fully saturated rings. The van der Waals surface area contributed by atoms with E-state index in [0.29, 0.717) is 12.5 Å². The Bertz CT molecular complexity index is 560. The number of hydrogen-bond acceptors (Lipinski definition) is 3. The lowest BCUT2D eigenvalue weighted by Crippen LogP contribution is -2.30. The number of sulfonamides is 1. The van der Waals surface area contributed by atoms with E-state index in [-0.39, 0.29) is 16.5 Å². The predicted molar refractivity (Wildman–Crippen MR) is 71.6 cm³/mol. The molecule has 0 saturated heterocycles. The Balaban J connectivity index is 2.89. The molecule has 108 valence electrons. The summed E-state index contributed by atoms with van der Waals surface area (Å²) < 4.78 is 27.8. The van der Waals surface area contributed by atoms with Crippen LogP contribution in [-0.2, 0) is 17.1 Å². The number of aromatic carboxylic acids is 1. The quantitative estimate of drug-likeness (QED) is 0.825. The van der Waals surface area contributed by atoms with E-state index < -0.39 is 16.0 Å². The van der Waals surface area contributed by atoms with Gasteiger partial charge in [-0.25, -0.2) is 17.9 Å². The first-order valence-corrected chi connectivity index (χ1v) is 7.52. The van der Waals surface area contributed by atoms with E-state index in [1.807, 2.05) is 20.8 Å². The van der Waals surface area contributed by atoms with Crippen LogP contribution in [0, 0.1) is 11.8 Å². The van der Waals surface area contributed by atoms with Gasteiger partial charge in [0.05, 0.1) is 0 Å². The van der Waals surface area contributed by atoms with Crippen molar-refractivity contribution in [3.63, 3.8) is 0 Å². The highest BCUT2D eigenvalue weighted by Gasteiger charge is 2.21. The van der Waals surface area contributed by atoms with Crippen molar-refractivity contribution in [1.82, 2.24) is 9.29 Å². The highest BCUT2D eigenvalue weighted by atomic mass is 32.2. The molecule has 1 unspecified atom stereocenters. The van der Waals surface area contributed by atoms with Crippen molar-refractivity contribution < 1.29 is 18.3 Å². The van der Waals surface area contributed by atoms with Crippen LogP contribution in [0.15, 0.2) is 17.2 Å². The smallest absolute Gasteiger partial charge is 0.352 e. The van der Waals surface area contributed by atoms with Gasteiger partial charge in [-0.2, -0.15) is 0 Å². The van der Waals surface area contributed by atoms with Crippen molar-refractivity contribution in [2.24, 2.45) is 18.9 Å². The minimum atomic E-state index is -3.66. The molecule has 0 aromatic carbocycles. The van der Waals surface area contributed by atoms with E-state index in [2.05, 4.69) is 4.72 Å². The van der Waals surface area contributed by atoms with Gasteiger partial charge in [-0.15, -0.1) is 0 Å². The summed E-state index contributed by atoms with van der Waals surface area (Å²) in [5.74, 6) is -0.579. The average Bonchev–Trinajstić information content (AvgIpc) is 2.69. The summed E-state index contributed by atoms with van der Waals surface area (Å²) in [6.07, 6.45) is 1.30. The summed E-state index contributed by atoms with van der Waals surface area (Å²) in [4.78, 5) is 10.9. The van der Waals surface area contributed by atoms with E-state index in [1.165, 1.54) is 17.8 Å². The van der Waals surface area contributed by atoms with Crippen LogP contribution in [0.25, 0.3) is 0 Å². The normalized spacial score (nSPS) is 13.7. The van der Waals surface area contributed by atoms with E-state index in [0.717, 1.165) is 6.07 Å². The number of nitrogens with zero attached hydrogens (tertiary/aromatic N) is 1. The maximum Gasteiger partial charge on any atom is 0.352 e. The Hall–Kier alpha value is -1.34. The lowest BCUT2D eigenvalue weighted by atomic mass is 9.99. The third-order valence-corrected chi connectivity index (χ3v) is 4.63. The van der Waals surface area contributed by atoms with Crippen LogP contribution in [-0.4, -0.2) is 30.6 Å². The van der Waals surface area contributed by atoms with Gasteiger partial charge in [-0.1, -0.05) is 20.8 Å². The van der Waals surface area contributed by atoms with Crippen molar-refractivity contribution in [3.05, 3.63) is 18.0 Å². The molecule has 0 amide bonds. The zero-order valence-corrected chi connectivity index (χ0v) is 12.4. The van der Waals surface area contributed by atoms with Gasteiger partial charge in [0.15, 0.2) is 0 Å². The third kappa shape index (κ3) is 3.81. The molecule has 1 heterocycles. The molecule has 7 heteroatoms. The molecule has 1 rings (SSSR count). The van der Waals surface area contributed by atoms with Gasteiger partial charge in [0.2, 0.25) is 10.0 Å². The SMILES string of the molecule is CC(C)C(C)CNS(=O)(=O)c1cc(C(=O)O)n(C)c1. The van der Waals surface area contributed by atoms with Crippen LogP contribution >= 0.6 is 0 Å². The summed E-state index contributed by atoms with van der Waals surface area (Å²) in [6, 6.07) is 1.16. The topological polar surface area (TPSA) is 88.4 Å². The largest absolute Gasteiger partial charge is 0.477 e. The van der Waals surface area contributed by atoms with E-state index in [4.69, 9.17) is 5.11 Å². The Morgan fingerprint density at radius 2 is 2.00 bits per heavy atom. The van der Waals surface area contributed by atoms with Gasteiger partial charge in [0.1, 0.15) is 10.6 Å². The Labute approximate surface area is 113 Å². The Kier molecular flexibility index (Phi) is 4.75. The highest BCUT2D eigenvalue weighted by molar-refractivity contribution is 7.89. The summed E-state index contributed by atoms with van der Waals surface area (Å²) >= 11 is 0. The standard InChI is InChI=1S/C12H20N2O4S/c1-8(2)9(3)6-13-19(17,18)10-5-11(12(15)16)14(4)7-10/h5,7-9,13H,6H2,1-4H3,(H,15,16). The maximum atomic E-state index is 12.0. The van der Waals surface area contributed by atoms with Gasteiger partial charge in [-0.3, -0.25) is 0 Å². The molecular formula is C12H20N2O4S. The number of carboxylic acids is 1. The fourth-order valence-electron chi connectivity index (χ4n) is 1.45. The van der Waals surface area contributed by atoms with E-state index >= 15 is 0 Å². The Morgan fingerprint density at radius 3 is 2.42 bits per heavy atom. The van der Waals surface area contributed by atoms with Crippen LogP contribution in [0.5, 0.6) is 0 Å². The molecule has 0 aliphatic rings. The molecule has 2 N–H and O–H groups in total. The summed E-state index contributed by atoms with van der Waals surface area (Å²) in [6.45, 7) is 6.33. The summed E-state index contributed by atoms with van der Waals surface area (Å²) in [7, 11) is -2.16. The number of aromatic nitrogens is 1. The molecule has 0 aliphatic carbocycles. The van der Waals surface area contributed by atoms with Crippen molar-refractivity contribution in [2.75, 3.05) is 6.54 Å². The average molecular weight is 288 g/mol. The zero-order chi connectivity index (χ0) is 14.8. The van der Waals surface area contributed by atoms with Crippen molar-refractivity contribution in [2.45, 2.75) is 25.7 Å². The summed E-state index contributed by atoms with van der Waals surface area (Å²) in [5.41, 5.74) is -0.0581. The lowest BCUT2D eigenvalue weighted by Gasteiger charge is -2.15. The molecule has 6 nitrogen and oxygen atoms in total. The Morgan fingerprint density at radius 1 is 1.42 bits per heavy atom. The molecule has 0 aliphatic heterocycles. The fourth-order valence-corrected chi connectivity index (χ4v) is 2.67. The van der Waals surface area contributed by atoms with Crippen LogP contribution < -0.4 is 4.72 Å². The number of aryl methyl sites for hydroxylation is 1. The summed E-state index contributed by atoms with van der Waals surface area (Å²) in [5, 5.41) is 8.90. The van der Waals surface area contributed by atoms with Gasteiger partial charge in [-0.05, 0) is 17.9 Å². The number of nitrogens with one attached hydrogen (secondary N) is 1. The minimum absolute atomic E-state index is 0.0247. The first-order chi connectivity index (χ1) is 8.65. The lowest BCUT2D eigenvalue weighted by molar-refractivity contribution is 0.0686. The molecule has 0 saturated carbocycles. The molecular weight excluding hydrogens is 268 g/mol. The van der Waals surface area contributed by atoms with Gasteiger partial charge in [0.25, 0.3) is 0 Å². The van der Waals surface area contributed by atoms with Crippen molar-refractivity contribution >= 4 is 16.0 Å². The monoisotopic (exact) mass is 288 g/mol. The van der Waals surface area contributed by atoms with E-state index in [1.54, 1.807) is 0 Å². The number of carboxylic acid groups (broad SMARTS) is 1. The van der Waals surface area contributed by atoms with Crippen LogP contribution in [0.1, 0.15) is 31.3 Å². The van der Waals surface area contributed by atoms with Crippen LogP contribution in [0.4, 0.5) is 0 Å². The van der Waals surface area contributed by atoms with Gasteiger partial charge >= 0.3 is 5.97 Å². The minimum Gasteiger partial charge on any atom is -0.477 e. The van der Waals surface area contributed by atoms with Crippen molar-refractivity contribution in [1.29, 1.82) is 0 Å². The second kappa shape index (κ2) is 5.75.